The third-order valence-electron chi connectivity index (χ3n) is 4.44. The Morgan fingerprint density at radius 3 is 2.92 bits per heavy atom. The van der Waals surface area contributed by atoms with Crippen molar-refractivity contribution in [3.05, 3.63) is 50.6 Å². The number of thioether (sulfide) groups is 1. The predicted molar refractivity (Wildman–Crippen MR) is 102 cm³/mol. The van der Waals surface area contributed by atoms with Gasteiger partial charge in [-0.2, -0.15) is 0 Å². The van der Waals surface area contributed by atoms with Crippen molar-refractivity contribution in [3.8, 4) is 5.75 Å². The molecule has 24 heavy (non-hydrogen) atoms. The molecule has 0 aliphatic carbocycles. The Balaban J connectivity index is 1.94. The molecule has 1 spiro atoms. The molecule has 7 heteroatoms. The van der Waals surface area contributed by atoms with Gasteiger partial charge in [-0.1, -0.05) is 33.8 Å². The fourth-order valence-corrected chi connectivity index (χ4v) is 4.97. The smallest absolute Gasteiger partial charge is 0.258 e. The minimum Gasteiger partial charge on any atom is -0.482 e. The Morgan fingerprint density at radius 2 is 2.25 bits per heavy atom. The number of ether oxygens (including phenoxy) is 1. The Hall–Kier alpha value is -1.31. The van der Waals surface area contributed by atoms with E-state index in [0.717, 1.165) is 14.9 Å². The van der Waals surface area contributed by atoms with E-state index >= 15 is 0 Å². The molecule has 0 saturated carbocycles. The van der Waals surface area contributed by atoms with E-state index in [1.54, 1.807) is 11.3 Å². The Bertz CT molecular complexity index is 852. The van der Waals surface area contributed by atoms with Crippen molar-refractivity contribution in [2.75, 3.05) is 6.26 Å². The van der Waals surface area contributed by atoms with Crippen LogP contribution >= 0.6 is 39.0 Å². The molecule has 2 aliphatic heterocycles. The lowest BCUT2D eigenvalue weighted by Gasteiger charge is -2.42. The minimum atomic E-state index is -0.950. The molecule has 124 valence electrons. The summed E-state index contributed by atoms with van der Waals surface area (Å²) in [5.41, 5.74) is -0.731. The molecule has 1 aromatic heterocycles. The van der Waals surface area contributed by atoms with Gasteiger partial charge < -0.3 is 10.1 Å². The Morgan fingerprint density at radius 1 is 1.42 bits per heavy atom. The summed E-state index contributed by atoms with van der Waals surface area (Å²) in [6, 6.07) is 9.83. The molecule has 4 rings (SSSR count). The van der Waals surface area contributed by atoms with Gasteiger partial charge in [0.1, 0.15) is 11.4 Å². The van der Waals surface area contributed by atoms with Crippen LogP contribution in [0.4, 0.5) is 0 Å². The van der Waals surface area contributed by atoms with Crippen molar-refractivity contribution >= 4 is 50.1 Å². The van der Waals surface area contributed by atoms with Crippen molar-refractivity contribution < 1.29 is 9.53 Å². The number of amidine groups is 1. The van der Waals surface area contributed by atoms with Crippen molar-refractivity contribution in [1.29, 1.82) is 0 Å². The third-order valence-corrected chi connectivity index (χ3v) is 6.63. The van der Waals surface area contributed by atoms with E-state index in [4.69, 9.17) is 9.73 Å². The van der Waals surface area contributed by atoms with E-state index in [1.807, 2.05) is 48.9 Å². The van der Waals surface area contributed by atoms with Crippen LogP contribution in [0.25, 0.3) is 0 Å². The average Bonchev–Trinajstić information content (AvgIpc) is 3.18. The first-order chi connectivity index (χ1) is 11.5. The number of carbonyl (C=O) groups excluding carboxylic acids is 1. The largest absolute Gasteiger partial charge is 0.482 e. The molecule has 4 nitrogen and oxygen atoms in total. The second kappa shape index (κ2) is 5.61. The summed E-state index contributed by atoms with van der Waals surface area (Å²) in [5, 5.41) is 5.59. The molecule has 0 fully saturated rings. The molecule has 1 amide bonds. The van der Waals surface area contributed by atoms with Gasteiger partial charge in [-0.25, -0.2) is 4.99 Å². The van der Waals surface area contributed by atoms with E-state index in [0.29, 0.717) is 17.3 Å². The molecule has 1 unspecified atom stereocenters. The number of hydrogen-bond acceptors (Lipinski definition) is 5. The number of aliphatic imine (C=N–C) groups is 1. The van der Waals surface area contributed by atoms with Gasteiger partial charge in [0.2, 0.25) is 0 Å². The monoisotopic (exact) mass is 422 g/mol. The maximum atomic E-state index is 12.9. The van der Waals surface area contributed by atoms with E-state index < -0.39 is 11.1 Å². The number of rotatable bonds is 1. The standard InChI is InChI=1S/C17H15BrN2O2S2/c1-16(13-4-3-7-24-13)9-17(14(21)19-15(20-17)23-2)11-8-10(18)5-6-12(11)22-16/h3-8H,9H2,1-2H3,(H,19,20,21)/t16-,17?/m1/s1. The molecule has 3 heterocycles. The van der Waals surface area contributed by atoms with Crippen molar-refractivity contribution in [1.82, 2.24) is 5.32 Å². The SMILES string of the molecule is CSC1=NC2(C[C@](C)(c3cccs3)Oc3ccc(Br)cc32)C(=O)N1. The van der Waals surface area contributed by atoms with Gasteiger partial charge in [-0.15, -0.1) is 11.3 Å². The Kier molecular flexibility index (Phi) is 3.78. The fraction of sp³-hybridized carbons (Fsp3) is 0.294. The number of carbonyl (C=O) groups is 1. The van der Waals surface area contributed by atoms with Crippen LogP contribution in [0.5, 0.6) is 5.75 Å². The zero-order valence-electron chi connectivity index (χ0n) is 13.1. The van der Waals surface area contributed by atoms with Gasteiger partial charge in [-0.3, -0.25) is 4.79 Å². The molecule has 1 aromatic carbocycles. The quantitative estimate of drug-likeness (QED) is 0.746. The summed E-state index contributed by atoms with van der Waals surface area (Å²) in [5.74, 6) is 0.624. The highest BCUT2D eigenvalue weighted by Crippen LogP contribution is 2.52. The summed E-state index contributed by atoms with van der Waals surface area (Å²) in [7, 11) is 0. The van der Waals surface area contributed by atoms with Gasteiger partial charge in [0.25, 0.3) is 5.91 Å². The van der Waals surface area contributed by atoms with Crippen LogP contribution in [0.2, 0.25) is 0 Å². The summed E-state index contributed by atoms with van der Waals surface area (Å²) >= 11 is 6.59. The maximum absolute atomic E-state index is 12.9. The van der Waals surface area contributed by atoms with Crippen LogP contribution in [0.15, 0.2) is 45.2 Å². The highest BCUT2D eigenvalue weighted by molar-refractivity contribution is 9.10. The van der Waals surface area contributed by atoms with Gasteiger partial charge in [0, 0.05) is 21.3 Å². The summed E-state index contributed by atoms with van der Waals surface area (Å²) in [6.45, 7) is 2.03. The number of thiophene rings is 1. The summed E-state index contributed by atoms with van der Waals surface area (Å²) in [6.07, 6.45) is 2.39. The number of nitrogens with zero attached hydrogens (tertiary/aromatic N) is 1. The normalized spacial score (nSPS) is 28.3. The van der Waals surface area contributed by atoms with Crippen LogP contribution in [-0.4, -0.2) is 17.3 Å². The zero-order chi connectivity index (χ0) is 16.9. The lowest BCUT2D eigenvalue weighted by atomic mass is 9.76. The molecule has 2 aromatic rings. The molecule has 0 saturated heterocycles. The number of amides is 1. The van der Waals surface area contributed by atoms with Crippen LogP contribution in [0, 0.1) is 0 Å². The van der Waals surface area contributed by atoms with Crippen molar-refractivity contribution in [2.45, 2.75) is 24.5 Å². The molecule has 2 atom stereocenters. The first-order valence-corrected chi connectivity index (χ1v) is 10.3. The second-order valence-electron chi connectivity index (χ2n) is 6.06. The molecular weight excluding hydrogens is 408 g/mol. The fourth-order valence-electron chi connectivity index (χ4n) is 3.35. The van der Waals surface area contributed by atoms with Gasteiger partial charge in [0.15, 0.2) is 10.7 Å². The molecule has 0 radical (unpaired) electrons. The average molecular weight is 423 g/mol. The minimum absolute atomic E-state index is 0.0859. The summed E-state index contributed by atoms with van der Waals surface area (Å²) in [4.78, 5) is 18.8. The first-order valence-electron chi connectivity index (χ1n) is 7.45. The number of nitrogens with one attached hydrogen (secondary N) is 1. The topological polar surface area (TPSA) is 50.7 Å². The van der Waals surface area contributed by atoms with Crippen molar-refractivity contribution in [2.24, 2.45) is 4.99 Å². The Labute approximate surface area is 156 Å². The first kappa shape index (κ1) is 16.2. The number of fused-ring (bicyclic) bond motifs is 2. The molecule has 2 aliphatic rings. The van der Waals surface area contributed by atoms with E-state index in [-0.39, 0.29) is 5.91 Å². The van der Waals surface area contributed by atoms with Crippen LogP contribution in [0.3, 0.4) is 0 Å². The van der Waals surface area contributed by atoms with Crippen LogP contribution in [0.1, 0.15) is 23.8 Å². The lowest BCUT2D eigenvalue weighted by Crippen LogP contribution is -2.48. The van der Waals surface area contributed by atoms with Gasteiger partial charge >= 0.3 is 0 Å². The van der Waals surface area contributed by atoms with E-state index in [1.165, 1.54) is 11.8 Å². The highest BCUT2D eigenvalue weighted by atomic mass is 79.9. The van der Waals surface area contributed by atoms with Gasteiger partial charge in [-0.05, 0) is 42.8 Å². The lowest BCUT2D eigenvalue weighted by molar-refractivity contribution is -0.127. The number of halogens is 1. The van der Waals surface area contributed by atoms with Crippen molar-refractivity contribution in [3.63, 3.8) is 0 Å². The number of hydrogen-bond donors (Lipinski definition) is 1. The van der Waals surface area contributed by atoms with Crippen LogP contribution < -0.4 is 10.1 Å². The van der Waals surface area contributed by atoms with E-state index in [2.05, 4.69) is 21.2 Å². The van der Waals surface area contributed by atoms with Gasteiger partial charge in [0.05, 0.1) is 0 Å². The maximum Gasteiger partial charge on any atom is 0.258 e. The molecule has 0 bridgehead atoms. The summed E-state index contributed by atoms with van der Waals surface area (Å²) < 4.78 is 7.26. The molecular formula is C17H15BrN2O2S2. The van der Waals surface area contributed by atoms with E-state index in [9.17, 15) is 4.79 Å². The predicted octanol–water partition coefficient (Wildman–Crippen LogP) is 4.25. The second-order valence-corrected chi connectivity index (χ2v) is 8.72. The third kappa shape index (κ3) is 2.33. The zero-order valence-corrected chi connectivity index (χ0v) is 16.3. The highest BCUT2D eigenvalue weighted by Gasteiger charge is 2.56. The number of benzene rings is 1. The van der Waals surface area contributed by atoms with Crippen LogP contribution in [-0.2, 0) is 15.9 Å². The molecule has 1 N–H and O–H groups in total.